The molecular formula is C16H34N2O3. The smallest absolute Gasteiger partial charge is 0.323 e. The maximum atomic E-state index is 11.3. The van der Waals surface area contributed by atoms with Crippen molar-refractivity contribution >= 4 is 5.97 Å². The molecule has 0 spiro atoms. The van der Waals surface area contributed by atoms with Gasteiger partial charge in [-0.15, -0.1) is 0 Å². The highest BCUT2D eigenvalue weighted by atomic mass is 16.5. The highest BCUT2D eigenvalue weighted by Gasteiger charge is 2.31. The van der Waals surface area contributed by atoms with Crippen LogP contribution in [0.3, 0.4) is 0 Å². The number of ether oxygens (including phenoxy) is 1. The molecule has 0 saturated heterocycles. The van der Waals surface area contributed by atoms with Crippen LogP contribution in [0.5, 0.6) is 0 Å². The van der Waals surface area contributed by atoms with Crippen LogP contribution in [0.4, 0.5) is 0 Å². The number of nitrogens with zero attached hydrogens (tertiary/aromatic N) is 1. The van der Waals surface area contributed by atoms with Crippen LogP contribution in [-0.4, -0.2) is 60.9 Å². The van der Waals surface area contributed by atoms with Gasteiger partial charge in [-0.25, -0.2) is 0 Å². The van der Waals surface area contributed by atoms with Gasteiger partial charge < -0.3 is 15.2 Å². The Morgan fingerprint density at radius 1 is 1.33 bits per heavy atom. The molecule has 0 rings (SSSR count). The Balaban J connectivity index is 4.21. The van der Waals surface area contributed by atoms with Crippen molar-refractivity contribution in [3.8, 4) is 0 Å². The maximum Gasteiger partial charge on any atom is 0.323 e. The van der Waals surface area contributed by atoms with Gasteiger partial charge in [-0.2, -0.15) is 0 Å². The summed E-state index contributed by atoms with van der Waals surface area (Å²) < 4.78 is 5.16. The van der Waals surface area contributed by atoms with E-state index in [-0.39, 0.29) is 0 Å². The standard InChI is InChI=1S/C16H34N2O3/c1-6-14(3)18(12-13-21-5)11-9-8-10-16(4,15(19)20)17-7-2/h14,17H,6-13H2,1-5H3,(H,19,20). The molecule has 2 N–H and O–H groups in total. The Bertz CT molecular complexity index is 287. The van der Waals surface area contributed by atoms with Gasteiger partial charge in [-0.05, 0) is 52.6 Å². The van der Waals surface area contributed by atoms with Crippen molar-refractivity contribution in [3.63, 3.8) is 0 Å². The minimum Gasteiger partial charge on any atom is -0.480 e. The molecule has 0 fully saturated rings. The molecular weight excluding hydrogens is 268 g/mol. The number of rotatable bonds is 13. The van der Waals surface area contributed by atoms with E-state index in [0.29, 0.717) is 19.0 Å². The molecule has 0 aliphatic carbocycles. The van der Waals surface area contributed by atoms with E-state index in [1.165, 1.54) is 0 Å². The topological polar surface area (TPSA) is 61.8 Å². The Morgan fingerprint density at radius 2 is 2.00 bits per heavy atom. The fourth-order valence-electron chi connectivity index (χ4n) is 2.47. The first-order chi connectivity index (χ1) is 9.91. The molecule has 0 aromatic carbocycles. The summed E-state index contributed by atoms with van der Waals surface area (Å²) in [6.45, 7) is 11.5. The van der Waals surface area contributed by atoms with Crippen LogP contribution in [0.25, 0.3) is 0 Å². The van der Waals surface area contributed by atoms with Gasteiger partial charge in [-0.1, -0.05) is 13.8 Å². The Hall–Kier alpha value is -0.650. The predicted octanol–water partition coefficient (Wildman–Crippen LogP) is 2.36. The zero-order valence-electron chi connectivity index (χ0n) is 14.4. The van der Waals surface area contributed by atoms with Gasteiger partial charge in [0.25, 0.3) is 0 Å². The summed E-state index contributed by atoms with van der Waals surface area (Å²) in [4.78, 5) is 13.8. The number of carboxylic acid groups (broad SMARTS) is 1. The Morgan fingerprint density at radius 3 is 2.48 bits per heavy atom. The highest BCUT2D eigenvalue weighted by Crippen LogP contribution is 2.15. The Labute approximate surface area is 130 Å². The number of hydrogen-bond acceptors (Lipinski definition) is 4. The average molecular weight is 302 g/mol. The summed E-state index contributed by atoms with van der Waals surface area (Å²) in [5.41, 5.74) is -0.803. The van der Waals surface area contributed by atoms with Crippen molar-refractivity contribution in [2.24, 2.45) is 0 Å². The van der Waals surface area contributed by atoms with Gasteiger partial charge >= 0.3 is 5.97 Å². The van der Waals surface area contributed by atoms with Crippen molar-refractivity contribution < 1.29 is 14.6 Å². The number of nitrogens with one attached hydrogen (secondary N) is 1. The molecule has 0 heterocycles. The van der Waals surface area contributed by atoms with Crippen LogP contribution < -0.4 is 5.32 Å². The molecule has 0 aliphatic heterocycles. The summed E-state index contributed by atoms with van der Waals surface area (Å²) >= 11 is 0. The van der Waals surface area contributed by atoms with E-state index >= 15 is 0 Å². The maximum absolute atomic E-state index is 11.3. The second kappa shape index (κ2) is 11.0. The predicted molar refractivity (Wildman–Crippen MR) is 86.8 cm³/mol. The first-order valence-corrected chi connectivity index (χ1v) is 8.12. The molecule has 0 radical (unpaired) electrons. The second-order valence-electron chi connectivity index (χ2n) is 5.91. The quantitative estimate of drug-likeness (QED) is 0.511. The van der Waals surface area contributed by atoms with Crippen molar-refractivity contribution in [2.75, 3.05) is 33.4 Å². The lowest BCUT2D eigenvalue weighted by molar-refractivity contribution is -0.144. The summed E-state index contributed by atoms with van der Waals surface area (Å²) in [7, 11) is 1.73. The van der Waals surface area contributed by atoms with Crippen molar-refractivity contribution in [3.05, 3.63) is 0 Å². The minimum atomic E-state index is -0.803. The fourth-order valence-corrected chi connectivity index (χ4v) is 2.47. The lowest BCUT2D eigenvalue weighted by Crippen LogP contribution is -2.49. The molecule has 0 aromatic rings. The van der Waals surface area contributed by atoms with E-state index in [1.807, 2.05) is 6.92 Å². The zero-order valence-corrected chi connectivity index (χ0v) is 14.4. The number of methoxy groups -OCH3 is 1. The normalized spacial score (nSPS) is 15.9. The number of aliphatic carboxylic acids is 1. The van der Waals surface area contributed by atoms with Crippen molar-refractivity contribution in [1.29, 1.82) is 0 Å². The second-order valence-corrected chi connectivity index (χ2v) is 5.91. The van der Waals surface area contributed by atoms with Crippen molar-refractivity contribution in [2.45, 2.75) is 65.0 Å². The number of carbonyl (C=O) groups is 1. The fraction of sp³-hybridized carbons (Fsp3) is 0.938. The van der Waals surface area contributed by atoms with E-state index in [2.05, 4.69) is 24.1 Å². The molecule has 5 heteroatoms. The highest BCUT2D eigenvalue weighted by molar-refractivity contribution is 5.78. The average Bonchev–Trinajstić information content (AvgIpc) is 2.45. The third-order valence-electron chi connectivity index (χ3n) is 4.21. The van der Waals surface area contributed by atoms with Gasteiger partial charge in [0.2, 0.25) is 0 Å². The van der Waals surface area contributed by atoms with Gasteiger partial charge in [0.05, 0.1) is 6.61 Å². The van der Waals surface area contributed by atoms with Gasteiger partial charge in [-0.3, -0.25) is 9.69 Å². The minimum absolute atomic E-state index is 0.541. The van der Waals surface area contributed by atoms with Gasteiger partial charge in [0.15, 0.2) is 0 Å². The molecule has 2 atom stereocenters. The van der Waals surface area contributed by atoms with Crippen LogP contribution in [-0.2, 0) is 9.53 Å². The molecule has 0 aliphatic rings. The lowest BCUT2D eigenvalue weighted by Gasteiger charge is -2.29. The van der Waals surface area contributed by atoms with Crippen LogP contribution in [0.2, 0.25) is 0 Å². The van der Waals surface area contributed by atoms with Crippen LogP contribution in [0.1, 0.15) is 53.4 Å². The van der Waals surface area contributed by atoms with Crippen LogP contribution in [0.15, 0.2) is 0 Å². The first-order valence-electron chi connectivity index (χ1n) is 8.12. The molecule has 5 nitrogen and oxygen atoms in total. The van der Waals surface area contributed by atoms with Crippen molar-refractivity contribution in [1.82, 2.24) is 10.2 Å². The molecule has 0 saturated carbocycles. The molecule has 0 amide bonds. The summed E-state index contributed by atoms with van der Waals surface area (Å²) in [6, 6.07) is 0.541. The van der Waals surface area contributed by atoms with E-state index in [0.717, 1.165) is 39.0 Å². The third-order valence-corrected chi connectivity index (χ3v) is 4.21. The zero-order chi connectivity index (χ0) is 16.3. The molecule has 21 heavy (non-hydrogen) atoms. The molecule has 126 valence electrons. The summed E-state index contributed by atoms with van der Waals surface area (Å²) in [5.74, 6) is -0.762. The van der Waals surface area contributed by atoms with E-state index < -0.39 is 11.5 Å². The SMILES string of the molecule is CCNC(C)(CCCCN(CCOC)C(C)CC)C(=O)O. The van der Waals surface area contributed by atoms with Crippen LogP contribution in [0, 0.1) is 0 Å². The largest absolute Gasteiger partial charge is 0.480 e. The number of unbranched alkanes of at least 4 members (excludes halogenated alkanes) is 1. The molecule has 0 aromatic heterocycles. The summed E-state index contributed by atoms with van der Waals surface area (Å²) in [6.07, 6.45) is 3.71. The van der Waals surface area contributed by atoms with E-state index in [1.54, 1.807) is 14.0 Å². The third kappa shape index (κ3) is 7.79. The number of hydrogen-bond donors (Lipinski definition) is 2. The molecule has 0 bridgehead atoms. The van der Waals surface area contributed by atoms with E-state index in [4.69, 9.17) is 4.74 Å². The monoisotopic (exact) mass is 302 g/mol. The number of carboxylic acids is 1. The first kappa shape index (κ1) is 20.3. The molecule has 2 unspecified atom stereocenters. The Kier molecular flexibility index (Phi) is 10.6. The van der Waals surface area contributed by atoms with Gasteiger partial charge in [0.1, 0.15) is 5.54 Å². The van der Waals surface area contributed by atoms with Crippen LogP contribution >= 0.6 is 0 Å². The van der Waals surface area contributed by atoms with E-state index in [9.17, 15) is 9.90 Å². The lowest BCUT2D eigenvalue weighted by atomic mass is 9.94. The van der Waals surface area contributed by atoms with Gasteiger partial charge in [0, 0.05) is 19.7 Å². The number of likely N-dealkylation sites (N-methyl/N-ethyl adjacent to an activating group) is 1. The summed E-state index contributed by atoms with van der Waals surface area (Å²) in [5, 5.41) is 12.4.